The van der Waals surface area contributed by atoms with Crippen LogP contribution in [0.5, 0.6) is 0 Å². The van der Waals surface area contributed by atoms with E-state index in [-0.39, 0.29) is 12.0 Å². The third kappa shape index (κ3) is 5.97. The molecular weight excluding hydrogens is 879 g/mol. The van der Waals surface area contributed by atoms with Gasteiger partial charge >= 0.3 is 0 Å². The molecule has 15 rings (SSSR count). The monoisotopic (exact) mass is 929 g/mol. The molecule has 1 spiro atoms. The lowest BCUT2D eigenvalue weighted by molar-refractivity contribution is 0.678. The van der Waals surface area contributed by atoms with Gasteiger partial charge in [-0.2, -0.15) is 0 Å². The van der Waals surface area contributed by atoms with Crippen LogP contribution in [0.15, 0.2) is 284 Å². The van der Waals surface area contributed by atoms with Crippen LogP contribution in [0, 0.1) is 0 Å². The summed E-state index contributed by atoms with van der Waals surface area (Å²) in [6, 6.07) is 93.9. The first-order valence-corrected chi connectivity index (χ1v) is 26.0. The lowest BCUT2D eigenvalue weighted by Gasteiger charge is -2.42. The highest BCUT2D eigenvalue weighted by Gasteiger charge is 2.53. The van der Waals surface area contributed by atoms with E-state index >= 15 is 0 Å². The fraction of sp³-hybridized carbons (Fsp3) is 0.0833. The molecule has 2 atom stereocenters. The van der Waals surface area contributed by atoms with E-state index in [4.69, 9.17) is 0 Å². The predicted octanol–water partition coefficient (Wildman–Crippen LogP) is 17.3. The van der Waals surface area contributed by atoms with Gasteiger partial charge in [-0.15, -0.1) is 0 Å². The number of rotatable bonds is 7. The fourth-order valence-corrected chi connectivity index (χ4v) is 14.3. The SMILES string of the molecule is C1=CC(c2ccc3ccccc3c2)=C(c2ccccc2)C(N(C2=CCC3C(=C2)C(c2ccccc2)(c2ccccc2)c2ccccc23)c2ccc3c(c2)C2(c4ccccc4-c4ccccc42)c2ccccc2-3)C1. The molecule has 344 valence electrons. The molecule has 1 nitrogen and oxygen atoms in total. The maximum Gasteiger partial charge on any atom is 0.0726 e. The minimum absolute atomic E-state index is 0.0546. The summed E-state index contributed by atoms with van der Waals surface area (Å²) >= 11 is 0. The van der Waals surface area contributed by atoms with Crippen LogP contribution in [-0.2, 0) is 10.8 Å². The topological polar surface area (TPSA) is 3.24 Å². The molecule has 10 aromatic carbocycles. The minimum Gasteiger partial charge on any atom is -0.334 e. The van der Waals surface area contributed by atoms with Gasteiger partial charge in [0.2, 0.25) is 0 Å². The van der Waals surface area contributed by atoms with Crippen molar-refractivity contribution in [2.75, 3.05) is 4.90 Å². The molecule has 0 heterocycles. The molecule has 5 aliphatic rings. The van der Waals surface area contributed by atoms with Gasteiger partial charge in [-0.3, -0.25) is 0 Å². The van der Waals surface area contributed by atoms with Crippen LogP contribution >= 0.6 is 0 Å². The van der Waals surface area contributed by atoms with Gasteiger partial charge in [-0.05, 0) is 142 Å². The molecule has 73 heavy (non-hydrogen) atoms. The quantitative estimate of drug-likeness (QED) is 0.154. The zero-order chi connectivity index (χ0) is 48.1. The van der Waals surface area contributed by atoms with E-state index in [0.29, 0.717) is 0 Å². The van der Waals surface area contributed by atoms with Gasteiger partial charge in [-0.1, -0.05) is 249 Å². The summed E-state index contributed by atoms with van der Waals surface area (Å²) in [7, 11) is 0. The third-order valence-electron chi connectivity index (χ3n) is 17.1. The summed E-state index contributed by atoms with van der Waals surface area (Å²) in [6.45, 7) is 0. The van der Waals surface area contributed by atoms with E-state index in [1.807, 2.05) is 0 Å². The lowest BCUT2D eigenvalue weighted by atomic mass is 9.66. The third-order valence-corrected chi connectivity index (χ3v) is 17.1. The molecule has 0 bridgehead atoms. The van der Waals surface area contributed by atoms with Gasteiger partial charge in [-0.25, -0.2) is 0 Å². The molecule has 2 unspecified atom stereocenters. The fourth-order valence-electron chi connectivity index (χ4n) is 14.3. The summed E-state index contributed by atoms with van der Waals surface area (Å²) in [5.74, 6) is 0.218. The van der Waals surface area contributed by atoms with E-state index in [0.717, 1.165) is 12.8 Å². The van der Waals surface area contributed by atoms with E-state index in [1.165, 1.54) is 117 Å². The van der Waals surface area contributed by atoms with Crippen molar-refractivity contribution >= 4 is 27.6 Å². The van der Waals surface area contributed by atoms with Crippen LogP contribution < -0.4 is 4.90 Å². The first kappa shape index (κ1) is 42.0. The highest BCUT2D eigenvalue weighted by atomic mass is 15.2. The molecular formula is C72H51N. The highest BCUT2D eigenvalue weighted by Crippen LogP contribution is 2.64. The number of benzene rings is 10. The van der Waals surface area contributed by atoms with Crippen LogP contribution in [-0.4, -0.2) is 6.04 Å². The number of fused-ring (bicyclic) bond motifs is 14. The number of hydrogen-bond donors (Lipinski definition) is 0. The van der Waals surface area contributed by atoms with E-state index in [1.54, 1.807) is 0 Å². The highest BCUT2D eigenvalue weighted by molar-refractivity contribution is 6.02. The first-order chi connectivity index (χ1) is 36.2. The van der Waals surface area contributed by atoms with Crippen molar-refractivity contribution in [3.63, 3.8) is 0 Å². The smallest absolute Gasteiger partial charge is 0.0726 e. The molecule has 0 N–H and O–H groups in total. The Labute approximate surface area is 428 Å². The van der Waals surface area contributed by atoms with Crippen LogP contribution in [0.3, 0.4) is 0 Å². The van der Waals surface area contributed by atoms with Gasteiger partial charge in [0.25, 0.3) is 0 Å². The van der Waals surface area contributed by atoms with Crippen LogP contribution in [0.2, 0.25) is 0 Å². The van der Waals surface area contributed by atoms with E-state index in [9.17, 15) is 0 Å². The molecule has 0 saturated carbocycles. The largest absolute Gasteiger partial charge is 0.334 e. The van der Waals surface area contributed by atoms with Gasteiger partial charge in [0.05, 0.1) is 16.9 Å². The first-order valence-electron chi connectivity index (χ1n) is 26.0. The van der Waals surface area contributed by atoms with Gasteiger partial charge in [0.1, 0.15) is 0 Å². The van der Waals surface area contributed by atoms with Crippen molar-refractivity contribution in [3.05, 3.63) is 340 Å². The van der Waals surface area contributed by atoms with Crippen molar-refractivity contribution < 1.29 is 0 Å². The van der Waals surface area contributed by atoms with Crippen LogP contribution in [0.1, 0.15) is 74.4 Å². The molecule has 0 saturated heterocycles. The Morgan fingerprint density at radius 1 is 0.397 bits per heavy atom. The van der Waals surface area contributed by atoms with Gasteiger partial charge in [0, 0.05) is 17.3 Å². The normalized spacial score (nSPS) is 18.0. The Morgan fingerprint density at radius 3 is 1.60 bits per heavy atom. The van der Waals surface area contributed by atoms with Crippen molar-refractivity contribution in [1.29, 1.82) is 0 Å². The minimum atomic E-state index is -0.489. The number of allylic oxidation sites excluding steroid dienone is 5. The van der Waals surface area contributed by atoms with Gasteiger partial charge in [0.15, 0.2) is 0 Å². The molecule has 0 fully saturated rings. The second-order valence-corrected chi connectivity index (χ2v) is 20.5. The van der Waals surface area contributed by atoms with Gasteiger partial charge < -0.3 is 4.90 Å². The Hall–Kier alpha value is -8.78. The van der Waals surface area contributed by atoms with Crippen molar-refractivity contribution in [3.8, 4) is 22.3 Å². The summed E-state index contributed by atoms with van der Waals surface area (Å²) in [4.78, 5) is 2.75. The van der Waals surface area contributed by atoms with Crippen molar-refractivity contribution in [2.24, 2.45) is 0 Å². The molecule has 0 radical (unpaired) electrons. The average Bonchev–Trinajstić information content (AvgIpc) is 4.05. The molecule has 5 aliphatic carbocycles. The number of anilines is 1. The van der Waals surface area contributed by atoms with Crippen LogP contribution in [0.25, 0.3) is 44.2 Å². The Balaban J connectivity index is 1.01. The summed E-state index contributed by atoms with van der Waals surface area (Å²) in [5.41, 5.74) is 24.0. The lowest BCUT2D eigenvalue weighted by Crippen LogP contribution is -2.38. The Kier molecular flexibility index (Phi) is 9.42. The Bertz CT molecular complexity index is 3880. The molecule has 0 aromatic heterocycles. The summed E-state index contributed by atoms with van der Waals surface area (Å²) in [5, 5.41) is 2.50. The maximum absolute atomic E-state index is 2.75. The second-order valence-electron chi connectivity index (χ2n) is 20.5. The standard InChI is InChI=1S/C72H51N/c1-4-22-49(23-5-1)70-56(51-40-39-48-21-10-11-24-50(48)45-51)33-20-38-69(70)73(54-41-43-61-59-31-12-16-34-63(59)71(67(61)46-54,52-25-6-2-7-26-52)53-27-8-3-9-28-53)55-42-44-62-60-32-15-19-37-66(60)72(68(62)47-55)64-35-17-13-29-57(64)58-30-14-18-36-65(58)72/h1-37,39-42,44-47,61,69H,38,43H2. The molecule has 0 amide bonds. The summed E-state index contributed by atoms with van der Waals surface area (Å²) < 4.78 is 0. The van der Waals surface area contributed by atoms with Crippen molar-refractivity contribution in [2.45, 2.75) is 35.6 Å². The zero-order valence-corrected chi connectivity index (χ0v) is 40.5. The molecule has 0 aliphatic heterocycles. The summed E-state index contributed by atoms with van der Waals surface area (Å²) in [6.07, 6.45) is 11.8. The average molecular weight is 930 g/mol. The second kappa shape index (κ2) is 16.4. The van der Waals surface area contributed by atoms with Crippen LogP contribution in [0.4, 0.5) is 5.69 Å². The Morgan fingerprint density at radius 2 is 0.945 bits per heavy atom. The number of hydrogen-bond acceptors (Lipinski definition) is 1. The molecule has 10 aromatic rings. The van der Waals surface area contributed by atoms with E-state index in [2.05, 4.69) is 278 Å². The predicted molar refractivity (Wildman–Crippen MR) is 303 cm³/mol. The molecule has 1 heteroatoms. The zero-order valence-electron chi connectivity index (χ0n) is 40.5. The maximum atomic E-state index is 2.75. The number of nitrogens with zero attached hydrogens (tertiary/aromatic N) is 1. The van der Waals surface area contributed by atoms with E-state index < -0.39 is 10.8 Å². The van der Waals surface area contributed by atoms with Crippen molar-refractivity contribution in [1.82, 2.24) is 0 Å².